The lowest BCUT2D eigenvalue weighted by molar-refractivity contribution is 0.323. The Bertz CT molecular complexity index is 1130. The molecule has 7 nitrogen and oxygen atoms in total. The van der Waals surface area contributed by atoms with Crippen molar-refractivity contribution in [1.29, 1.82) is 0 Å². The minimum absolute atomic E-state index is 0.0542. The average molecular weight is 483 g/mol. The maximum atomic E-state index is 10.3. The Kier molecular flexibility index (Phi) is 8.58. The maximum Gasteiger partial charge on any atom is 0.203 e. The van der Waals surface area contributed by atoms with Crippen molar-refractivity contribution in [3.8, 4) is 40.2 Å². The van der Waals surface area contributed by atoms with Crippen LogP contribution in [0, 0.1) is 0 Å². The zero-order chi connectivity index (χ0) is 25.5. The van der Waals surface area contributed by atoms with Crippen molar-refractivity contribution in [2.45, 2.75) is 25.7 Å². The van der Waals surface area contributed by atoms with Gasteiger partial charge in [-0.05, 0) is 65.4 Å². The number of phenolic OH excluding ortho intramolecular Hbond substituents is 1. The van der Waals surface area contributed by atoms with Crippen molar-refractivity contribution in [1.82, 2.24) is 0 Å². The first-order valence-electron chi connectivity index (χ1n) is 11.3. The van der Waals surface area contributed by atoms with E-state index in [9.17, 15) is 5.11 Å². The van der Waals surface area contributed by atoms with Gasteiger partial charge in [0, 0.05) is 5.92 Å². The first kappa shape index (κ1) is 25.9. The Balaban J connectivity index is 1.91. The van der Waals surface area contributed by atoms with Gasteiger partial charge in [0.25, 0.3) is 0 Å². The van der Waals surface area contributed by atoms with Crippen LogP contribution >= 0.6 is 0 Å². The lowest BCUT2D eigenvalue weighted by atomic mass is 9.90. The van der Waals surface area contributed by atoms with Crippen molar-refractivity contribution < 1.29 is 33.5 Å². The van der Waals surface area contributed by atoms with E-state index < -0.39 is 0 Å². The molecule has 35 heavy (non-hydrogen) atoms. The first-order valence-corrected chi connectivity index (χ1v) is 11.3. The summed E-state index contributed by atoms with van der Waals surface area (Å²) < 4.78 is 32.8. The number of ether oxygens (including phenoxy) is 6. The molecule has 0 aliphatic carbocycles. The van der Waals surface area contributed by atoms with E-state index in [0.717, 1.165) is 28.0 Å². The molecule has 0 aliphatic heterocycles. The monoisotopic (exact) mass is 482 g/mol. The van der Waals surface area contributed by atoms with E-state index in [1.54, 1.807) is 41.6 Å². The second-order valence-electron chi connectivity index (χ2n) is 8.10. The molecule has 188 valence electrons. The number of benzene rings is 3. The summed E-state index contributed by atoms with van der Waals surface area (Å²) in [5.41, 5.74) is 4.18. The highest BCUT2D eigenvalue weighted by molar-refractivity contribution is 5.56. The number of hydrogen-bond acceptors (Lipinski definition) is 7. The van der Waals surface area contributed by atoms with Crippen LogP contribution in [0.3, 0.4) is 0 Å². The first-order chi connectivity index (χ1) is 16.9. The number of hydrogen-bond donors (Lipinski definition) is 1. The normalized spacial score (nSPS) is 11.5. The highest BCUT2D eigenvalue weighted by atomic mass is 16.5. The number of rotatable bonds is 11. The van der Waals surface area contributed by atoms with Gasteiger partial charge in [0.05, 0.1) is 42.7 Å². The molecule has 0 heterocycles. The number of aryl methyl sites for hydroxylation is 2. The smallest absolute Gasteiger partial charge is 0.203 e. The molecule has 7 heteroatoms. The van der Waals surface area contributed by atoms with Gasteiger partial charge >= 0.3 is 0 Å². The molecule has 0 bridgehead atoms. The summed E-state index contributed by atoms with van der Waals surface area (Å²) in [4.78, 5) is 0. The molecule has 0 spiro atoms. The summed E-state index contributed by atoms with van der Waals surface area (Å²) in [7, 11) is 9.55. The summed E-state index contributed by atoms with van der Waals surface area (Å²) in [5, 5.41) is 10.3. The van der Waals surface area contributed by atoms with Gasteiger partial charge in [0.15, 0.2) is 23.0 Å². The van der Waals surface area contributed by atoms with Crippen LogP contribution in [0.2, 0.25) is 0 Å². The fraction of sp³-hybridized carbons (Fsp3) is 0.357. The van der Waals surface area contributed by atoms with Crippen LogP contribution in [0.4, 0.5) is 0 Å². The Labute approximate surface area is 207 Å². The molecule has 3 aromatic rings. The summed E-state index contributed by atoms with van der Waals surface area (Å²) in [6, 6.07) is 13.8. The standard InChI is InChI=1S/C28H34O7/c1-17(21-15-25(32-4)28(35-7)26(16-21)33-5)19-10-11-23(30-2)20(14-19)9-8-18-12-22(29)27(34-6)24(13-18)31-3/h10-17,29H,8-9H2,1-7H3. The van der Waals surface area contributed by atoms with Crippen molar-refractivity contribution in [2.75, 3.05) is 42.7 Å². The topological polar surface area (TPSA) is 75.6 Å². The molecule has 3 aromatic carbocycles. The fourth-order valence-electron chi connectivity index (χ4n) is 4.23. The van der Waals surface area contributed by atoms with Crippen molar-refractivity contribution in [2.24, 2.45) is 0 Å². The van der Waals surface area contributed by atoms with E-state index in [4.69, 9.17) is 28.4 Å². The lowest BCUT2D eigenvalue weighted by Gasteiger charge is -2.19. The predicted molar refractivity (Wildman–Crippen MR) is 135 cm³/mol. The van der Waals surface area contributed by atoms with Crippen LogP contribution in [-0.2, 0) is 12.8 Å². The number of methoxy groups -OCH3 is 6. The maximum absolute atomic E-state index is 10.3. The number of aromatic hydroxyl groups is 1. The van der Waals surface area contributed by atoms with Gasteiger partial charge in [0.1, 0.15) is 5.75 Å². The Morgan fingerprint density at radius 2 is 1.17 bits per heavy atom. The van der Waals surface area contributed by atoms with Gasteiger partial charge < -0.3 is 33.5 Å². The molecule has 1 N–H and O–H groups in total. The van der Waals surface area contributed by atoms with E-state index >= 15 is 0 Å². The molecule has 0 fully saturated rings. The molecule has 0 saturated heterocycles. The van der Waals surface area contributed by atoms with Gasteiger partial charge in [0.2, 0.25) is 11.5 Å². The quantitative estimate of drug-likeness (QED) is 0.393. The molecular weight excluding hydrogens is 448 g/mol. The molecule has 0 aliphatic rings. The van der Waals surface area contributed by atoms with Gasteiger partial charge in [-0.25, -0.2) is 0 Å². The largest absolute Gasteiger partial charge is 0.504 e. The van der Waals surface area contributed by atoms with Crippen LogP contribution in [-0.4, -0.2) is 47.8 Å². The second kappa shape index (κ2) is 11.6. The third-order valence-electron chi connectivity index (χ3n) is 6.19. The van der Waals surface area contributed by atoms with E-state index in [1.165, 1.54) is 7.11 Å². The third kappa shape index (κ3) is 5.50. The molecule has 0 saturated carbocycles. The van der Waals surface area contributed by atoms with E-state index in [0.29, 0.717) is 41.6 Å². The third-order valence-corrected chi connectivity index (χ3v) is 6.19. The van der Waals surface area contributed by atoms with Crippen molar-refractivity contribution in [3.05, 3.63) is 64.7 Å². The summed E-state index contributed by atoms with van der Waals surface area (Å²) in [6.07, 6.45) is 1.40. The second-order valence-corrected chi connectivity index (χ2v) is 8.10. The van der Waals surface area contributed by atoms with Gasteiger partial charge in [-0.3, -0.25) is 0 Å². The molecule has 0 aromatic heterocycles. The van der Waals surface area contributed by atoms with Gasteiger partial charge in [-0.1, -0.05) is 19.1 Å². The Hall–Kier alpha value is -3.74. The SMILES string of the molecule is COc1ccc(C(C)c2cc(OC)c(OC)c(OC)c2)cc1CCc1cc(O)c(OC)c(OC)c1. The van der Waals surface area contributed by atoms with Crippen LogP contribution in [0.1, 0.15) is 35.1 Å². The van der Waals surface area contributed by atoms with Crippen molar-refractivity contribution in [3.63, 3.8) is 0 Å². The molecule has 1 atom stereocenters. The van der Waals surface area contributed by atoms with Crippen LogP contribution in [0.5, 0.6) is 40.2 Å². The number of phenols is 1. The highest BCUT2D eigenvalue weighted by Crippen LogP contribution is 2.42. The molecule has 0 radical (unpaired) electrons. The van der Waals surface area contributed by atoms with Crippen LogP contribution < -0.4 is 28.4 Å². The van der Waals surface area contributed by atoms with E-state index in [-0.39, 0.29) is 11.7 Å². The fourth-order valence-corrected chi connectivity index (χ4v) is 4.23. The minimum atomic E-state index is 0.0542. The van der Waals surface area contributed by atoms with Gasteiger partial charge in [-0.15, -0.1) is 0 Å². The summed E-state index contributed by atoms with van der Waals surface area (Å²) in [6.45, 7) is 2.14. The molecule has 0 amide bonds. The zero-order valence-corrected chi connectivity index (χ0v) is 21.4. The Morgan fingerprint density at radius 3 is 1.71 bits per heavy atom. The molecule has 1 unspecified atom stereocenters. The van der Waals surface area contributed by atoms with Crippen LogP contribution in [0.25, 0.3) is 0 Å². The Morgan fingerprint density at radius 1 is 0.600 bits per heavy atom. The van der Waals surface area contributed by atoms with Crippen molar-refractivity contribution >= 4 is 0 Å². The van der Waals surface area contributed by atoms with Crippen LogP contribution in [0.15, 0.2) is 42.5 Å². The minimum Gasteiger partial charge on any atom is -0.504 e. The predicted octanol–water partition coefficient (Wildman–Crippen LogP) is 5.38. The lowest BCUT2D eigenvalue weighted by Crippen LogP contribution is -2.03. The van der Waals surface area contributed by atoms with E-state index in [2.05, 4.69) is 19.1 Å². The molecular formula is C28H34O7. The highest BCUT2D eigenvalue weighted by Gasteiger charge is 2.19. The average Bonchev–Trinajstić information content (AvgIpc) is 2.89. The molecule has 3 rings (SSSR count). The summed E-state index contributed by atoms with van der Waals surface area (Å²) >= 11 is 0. The zero-order valence-electron chi connectivity index (χ0n) is 21.4. The van der Waals surface area contributed by atoms with Gasteiger partial charge in [-0.2, -0.15) is 0 Å². The summed E-state index contributed by atoms with van der Waals surface area (Å²) in [5.74, 6) is 3.58. The van der Waals surface area contributed by atoms with E-state index in [1.807, 2.05) is 24.3 Å².